The highest BCUT2D eigenvalue weighted by molar-refractivity contribution is 7.15. The minimum atomic E-state index is -0.506. The van der Waals surface area contributed by atoms with Gasteiger partial charge in [0.25, 0.3) is 0 Å². The number of Topliss-reactive ketones (excluding diaryl/α,β-unsaturated/α-hetero) is 1. The Labute approximate surface area is 181 Å². The molecule has 166 valence electrons. The molecule has 29 heavy (non-hydrogen) atoms. The average Bonchev–Trinajstić information content (AvgIpc) is 3.20. The minimum absolute atomic E-state index is 0.213. The number of methoxy groups -OCH3 is 1. The molecule has 0 spiro atoms. The summed E-state index contributed by atoms with van der Waals surface area (Å²) in [5, 5.41) is 0.743. The van der Waals surface area contributed by atoms with Crippen molar-refractivity contribution in [3.05, 3.63) is 17.0 Å². The van der Waals surface area contributed by atoms with E-state index >= 15 is 0 Å². The Morgan fingerprint density at radius 2 is 1.31 bits per heavy atom. The monoisotopic (exact) mass is 424 g/mol. The minimum Gasteiger partial charge on any atom is -0.484 e. The Kier molecular flexibility index (Phi) is 15.5. The van der Waals surface area contributed by atoms with Crippen molar-refractivity contribution >= 4 is 23.1 Å². The summed E-state index contributed by atoms with van der Waals surface area (Å²) in [4.78, 5) is 23.6. The summed E-state index contributed by atoms with van der Waals surface area (Å²) in [5.74, 6) is -0.721. The molecule has 0 amide bonds. The van der Waals surface area contributed by atoms with Crippen LogP contribution < -0.4 is 4.74 Å². The van der Waals surface area contributed by atoms with Crippen LogP contribution >= 0.6 is 11.3 Å². The fourth-order valence-corrected chi connectivity index (χ4v) is 4.12. The summed E-state index contributed by atoms with van der Waals surface area (Å²) in [6.07, 6.45) is 18.6. The van der Waals surface area contributed by atoms with Crippen molar-refractivity contribution in [2.24, 2.45) is 0 Å². The van der Waals surface area contributed by atoms with Crippen LogP contribution in [0.1, 0.15) is 113 Å². The number of unbranched alkanes of at least 4 members (excludes halogenated alkanes) is 13. The number of carbonyl (C=O) groups excluding carboxylic acids is 2. The van der Waals surface area contributed by atoms with Gasteiger partial charge in [-0.25, -0.2) is 0 Å². The van der Waals surface area contributed by atoms with Gasteiger partial charge < -0.3 is 9.47 Å². The molecule has 0 aliphatic carbocycles. The van der Waals surface area contributed by atoms with Gasteiger partial charge in [-0.3, -0.25) is 9.59 Å². The molecule has 1 rings (SSSR count). The van der Waals surface area contributed by atoms with Crippen LogP contribution in [-0.2, 0) is 9.53 Å². The van der Waals surface area contributed by atoms with Gasteiger partial charge in [0.05, 0.1) is 18.6 Å². The standard InChI is InChI=1S/C24H40O4S/c1-3-4-5-6-7-8-9-10-11-12-13-14-15-16-19-28-24-18-17-22(29-24)21(25)20-23(26)27-2/h17-18H,3-16,19-20H2,1-2H3. The average molecular weight is 425 g/mol. The highest BCUT2D eigenvalue weighted by Crippen LogP contribution is 2.26. The van der Waals surface area contributed by atoms with Crippen LogP contribution in [0.3, 0.4) is 0 Å². The molecule has 1 aromatic heterocycles. The Morgan fingerprint density at radius 1 is 0.793 bits per heavy atom. The topological polar surface area (TPSA) is 52.6 Å². The smallest absolute Gasteiger partial charge is 0.313 e. The van der Waals surface area contributed by atoms with Gasteiger partial charge in [0.15, 0.2) is 10.8 Å². The summed E-state index contributed by atoms with van der Waals surface area (Å²) in [6, 6.07) is 3.52. The van der Waals surface area contributed by atoms with Gasteiger partial charge in [-0.2, -0.15) is 0 Å². The van der Waals surface area contributed by atoms with Gasteiger partial charge in [0.1, 0.15) is 6.42 Å². The zero-order chi connectivity index (χ0) is 21.2. The van der Waals surface area contributed by atoms with Gasteiger partial charge in [0.2, 0.25) is 0 Å². The maximum atomic E-state index is 11.9. The molecule has 0 aliphatic rings. The second-order valence-corrected chi connectivity index (χ2v) is 8.79. The summed E-state index contributed by atoms with van der Waals surface area (Å²) in [6.45, 7) is 2.95. The molecule has 1 aromatic rings. The molecular formula is C24H40O4S. The second kappa shape index (κ2) is 17.5. The van der Waals surface area contributed by atoms with Crippen molar-refractivity contribution in [3.8, 4) is 5.06 Å². The van der Waals surface area contributed by atoms with Crippen molar-refractivity contribution in [2.45, 2.75) is 103 Å². The zero-order valence-corrected chi connectivity index (χ0v) is 19.3. The van der Waals surface area contributed by atoms with E-state index in [9.17, 15) is 9.59 Å². The summed E-state index contributed by atoms with van der Waals surface area (Å²) in [7, 11) is 1.29. The van der Waals surface area contributed by atoms with Gasteiger partial charge in [-0.15, -0.1) is 0 Å². The first kappa shape index (κ1) is 25.7. The van der Waals surface area contributed by atoms with Crippen LogP contribution in [0.5, 0.6) is 5.06 Å². The number of hydrogen-bond donors (Lipinski definition) is 0. The number of thiophene rings is 1. The van der Waals surface area contributed by atoms with Gasteiger partial charge in [0, 0.05) is 0 Å². The van der Waals surface area contributed by atoms with Crippen LogP contribution in [-0.4, -0.2) is 25.5 Å². The summed E-state index contributed by atoms with van der Waals surface area (Å²) in [5.41, 5.74) is 0. The van der Waals surface area contributed by atoms with E-state index in [1.165, 1.54) is 102 Å². The fourth-order valence-electron chi connectivity index (χ4n) is 3.31. The SMILES string of the molecule is CCCCCCCCCCCCCCCCOc1ccc(C(=O)CC(=O)OC)s1. The van der Waals surface area contributed by atoms with E-state index in [0.717, 1.165) is 11.5 Å². The molecule has 4 nitrogen and oxygen atoms in total. The Hall–Kier alpha value is -1.36. The predicted molar refractivity (Wildman–Crippen MR) is 121 cm³/mol. The molecular weight excluding hydrogens is 384 g/mol. The van der Waals surface area contributed by atoms with Crippen molar-refractivity contribution in [3.63, 3.8) is 0 Å². The normalized spacial score (nSPS) is 10.8. The molecule has 0 fully saturated rings. The van der Waals surface area contributed by atoms with E-state index < -0.39 is 5.97 Å². The van der Waals surface area contributed by atoms with Gasteiger partial charge in [-0.05, 0) is 18.6 Å². The summed E-state index contributed by atoms with van der Waals surface area (Å²) >= 11 is 1.30. The third-order valence-electron chi connectivity index (χ3n) is 5.13. The lowest BCUT2D eigenvalue weighted by atomic mass is 10.0. The first-order valence-corrected chi connectivity index (χ1v) is 12.3. The maximum Gasteiger partial charge on any atom is 0.313 e. The quantitative estimate of drug-likeness (QED) is 0.101. The summed E-state index contributed by atoms with van der Waals surface area (Å²) < 4.78 is 10.2. The number of hydrogen-bond acceptors (Lipinski definition) is 5. The van der Waals surface area contributed by atoms with Crippen molar-refractivity contribution in [2.75, 3.05) is 13.7 Å². The first-order chi connectivity index (χ1) is 14.2. The van der Waals surface area contributed by atoms with E-state index in [-0.39, 0.29) is 12.2 Å². The van der Waals surface area contributed by atoms with E-state index in [2.05, 4.69) is 11.7 Å². The Morgan fingerprint density at radius 3 is 1.83 bits per heavy atom. The van der Waals surface area contributed by atoms with Crippen molar-refractivity contribution in [1.29, 1.82) is 0 Å². The lowest BCUT2D eigenvalue weighted by Gasteiger charge is -2.04. The van der Waals surface area contributed by atoms with Crippen molar-refractivity contribution in [1.82, 2.24) is 0 Å². The molecule has 0 atom stereocenters. The lowest BCUT2D eigenvalue weighted by molar-refractivity contribution is -0.139. The lowest BCUT2D eigenvalue weighted by Crippen LogP contribution is -2.08. The second-order valence-electron chi connectivity index (χ2n) is 7.74. The molecule has 0 saturated carbocycles. The molecule has 5 heteroatoms. The molecule has 0 N–H and O–H groups in total. The van der Waals surface area contributed by atoms with E-state index in [1.54, 1.807) is 12.1 Å². The molecule has 0 saturated heterocycles. The van der Waals surface area contributed by atoms with Crippen LogP contribution in [0.25, 0.3) is 0 Å². The van der Waals surface area contributed by atoms with Crippen LogP contribution in [0.15, 0.2) is 12.1 Å². The molecule has 1 heterocycles. The number of ketones is 1. The van der Waals surface area contributed by atoms with Crippen LogP contribution in [0.4, 0.5) is 0 Å². The Balaban J connectivity index is 1.91. The van der Waals surface area contributed by atoms with E-state index in [1.807, 2.05) is 0 Å². The molecule has 0 aliphatic heterocycles. The molecule has 0 unspecified atom stereocenters. The third kappa shape index (κ3) is 13.5. The first-order valence-electron chi connectivity index (χ1n) is 11.5. The van der Waals surface area contributed by atoms with E-state index in [0.29, 0.717) is 11.5 Å². The third-order valence-corrected chi connectivity index (χ3v) is 6.17. The number of ether oxygens (including phenoxy) is 2. The van der Waals surface area contributed by atoms with Crippen LogP contribution in [0, 0.1) is 0 Å². The Bertz CT molecular complexity index is 553. The maximum absolute atomic E-state index is 11.9. The van der Waals surface area contributed by atoms with Crippen LogP contribution in [0.2, 0.25) is 0 Å². The number of esters is 1. The predicted octanol–water partition coefficient (Wildman–Crippen LogP) is 7.35. The number of rotatable bonds is 19. The highest BCUT2D eigenvalue weighted by Gasteiger charge is 2.14. The molecule has 0 aromatic carbocycles. The molecule has 0 radical (unpaired) electrons. The fraction of sp³-hybridized carbons (Fsp3) is 0.750. The number of carbonyl (C=O) groups is 2. The molecule has 0 bridgehead atoms. The largest absolute Gasteiger partial charge is 0.484 e. The highest BCUT2D eigenvalue weighted by atomic mass is 32.1. The van der Waals surface area contributed by atoms with E-state index in [4.69, 9.17) is 4.74 Å². The van der Waals surface area contributed by atoms with Crippen molar-refractivity contribution < 1.29 is 19.1 Å². The van der Waals surface area contributed by atoms with Gasteiger partial charge >= 0.3 is 5.97 Å². The zero-order valence-electron chi connectivity index (χ0n) is 18.5. The van der Waals surface area contributed by atoms with Gasteiger partial charge in [-0.1, -0.05) is 102 Å².